The molecule has 0 unspecified atom stereocenters. The van der Waals surface area contributed by atoms with Gasteiger partial charge < -0.3 is 4.74 Å². The van der Waals surface area contributed by atoms with E-state index in [2.05, 4.69) is 26.2 Å². The van der Waals surface area contributed by atoms with E-state index < -0.39 is 0 Å². The number of hydrogen-bond donors (Lipinski definition) is 0. The van der Waals surface area contributed by atoms with Crippen molar-refractivity contribution >= 4 is 5.97 Å². The first kappa shape index (κ1) is 10.2. The van der Waals surface area contributed by atoms with Crippen molar-refractivity contribution < 1.29 is 9.53 Å². The van der Waals surface area contributed by atoms with E-state index in [4.69, 9.17) is 4.74 Å². The van der Waals surface area contributed by atoms with Gasteiger partial charge in [-0.15, -0.1) is 0 Å². The van der Waals surface area contributed by atoms with Crippen LogP contribution >= 0.6 is 0 Å². The average molecular weight is 204 g/mol. The maximum Gasteiger partial charge on any atom is 0.334 e. The normalized spacial score (nSPS) is 35.3. The summed E-state index contributed by atoms with van der Waals surface area (Å²) in [6.07, 6.45) is 5.81. The molecule has 80 valence electrons. The molecule has 2 aliphatic rings. The number of rotatable bonds is 1. The monoisotopic (exact) mass is 204 g/mol. The highest BCUT2D eigenvalue weighted by molar-refractivity contribution is 5.90. The summed E-state index contributed by atoms with van der Waals surface area (Å²) in [7, 11) is 0. The molecule has 0 aromatic rings. The summed E-state index contributed by atoms with van der Waals surface area (Å²) in [5, 5.41) is 0. The highest BCUT2D eigenvalue weighted by atomic mass is 16.6. The van der Waals surface area contributed by atoms with Gasteiger partial charge in [0.05, 0.1) is 0 Å². The predicted octanol–water partition coefficient (Wildman–Crippen LogP) is 2.63. The summed E-state index contributed by atoms with van der Waals surface area (Å²) < 4.78 is 5.31. The molecule has 0 amide bonds. The maximum atomic E-state index is 11.3. The lowest BCUT2D eigenvalue weighted by Gasteiger charge is -2.16. The fourth-order valence-electron chi connectivity index (χ4n) is 2.41. The van der Waals surface area contributed by atoms with Gasteiger partial charge in [0.2, 0.25) is 0 Å². The number of esters is 1. The third-order valence-electron chi connectivity index (χ3n) is 3.42. The number of carbonyl (C=O) groups excluding carboxylic acids is 1. The van der Waals surface area contributed by atoms with E-state index in [0.29, 0.717) is 11.5 Å². The quantitative estimate of drug-likeness (QED) is 0.485. The van der Waals surface area contributed by atoms with Crippen LogP contribution in [0.4, 0.5) is 0 Å². The number of allylic oxidation sites excluding steroid dienone is 3. The molecule has 1 aliphatic heterocycles. The number of carbonyl (C=O) groups is 1. The molecule has 0 aromatic carbocycles. The lowest BCUT2D eigenvalue weighted by Crippen LogP contribution is -2.17. The summed E-state index contributed by atoms with van der Waals surface area (Å²) in [4.78, 5) is 11.3. The van der Waals surface area contributed by atoms with Crippen LogP contribution in [0.25, 0.3) is 0 Å². The van der Waals surface area contributed by atoms with E-state index in [1.54, 1.807) is 0 Å². The molecule has 1 heterocycles. The van der Waals surface area contributed by atoms with Gasteiger partial charge in [-0.05, 0) is 24.3 Å². The molecule has 3 atom stereocenters. The third kappa shape index (κ3) is 1.65. The summed E-state index contributed by atoms with van der Waals surface area (Å²) in [6, 6.07) is 0. The van der Waals surface area contributed by atoms with Crippen LogP contribution in [0.2, 0.25) is 0 Å². The maximum absolute atomic E-state index is 11.3. The van der Waals surface area contributed by atoms with Gasteiger partial charge >= 0.3 is 5.97 Å². The van der Waals surface area contributed by atoms with Gasteiger partial charge in [-0.1, -0.05) is 32.2 Å². The fraction of sp³-hybridized carbons (Fsp3) is 0.462. The first-order valence-electron chi connectivity index (χ1n) is 5.35. The fourth-order valence-corrected chi connectivity index (χ4v) is 2.41. The van der Waals surface area contributed by atoms with Gasteiger partial charge in [0.25, 0.3) is 0 Å². The second-order valence-corrected chi connectivity index (χ2v) is 4.36. The third-order valence-corrected chi connectivity index (χ3v) is 3.42. The molecule has 2 rings (SSSR count). The minimum Gasteiger partial charge on any atom is -0.458 e. The van der Waals surface area contributed by atoms with Crippen LogP contribution in [0.3, 0.4) is 0 Å². The number of fused-ring (bicyclic) bond motifs is 1. The second-order valence-electron chi connectivity index (χ2n) is 4.36. The van der Waals surface area contributed by atoms with Crippen molar-refractivity contribution in [1.29, 1.82) is 0 Å². The smallest absolute Gasteiger partial charge is 0.334 e. The first-order valence-corrected chi connectivity index (χ1v) is 5.35. The minimum atomic E-state index is -0.215. The van der Waals surface area contributed by atoms with Crippen molar-refractivity contribution in [2.75, 3.05) is 0 Å². The molecule has 15 heavy (non-hydrogen) atoms. The number of hydrogen-bond acceptors (Lipinski definition) is 2. The molecule has 1 fully saturated rings. The lowest BCUT2D eigenvalue weighted by atomic mass is 9.91. The Morgan fingerprint density at radius 2 is 2.33 bits per heavy atom. The Bertz CT molecular complexity index is 352. The van der Waals surface area contributed by atoms with Crippen molar-refractivity contribution in [3.8, 4) is 0 Å². The zero-order valence-corrected chi connectivity index (χ0v) is 9.03. The Morgan fingerprint density at radius 1 is 1.60 bits per heavy atom. The van der Waals surface area contributed by atoms with Crippen LogP contribution in [-0.4, -0.2) is 12.1 Å². The number of ether oxygens (including phenoxy) is 1. The molecule has 0 spiro atoms. The van der Waals surface area contributed by atoms with Crippen molar-refractivity contribution in [2.45, 2.75) is 25.9 Å². The first-order chi connectivity index (χ1) is 7.13. The van der Waals surface area contributed by atoms with Gasteiger partial charge in [0.1, 0.15) is 6.10 Å². The molecule has 2 heteroatoms. The average Bonchev–Trinajstić information content (AvgIpc) is 2.39. The van der Waals surface area contributed by atoms with Gasteiger partial charge in [0, 0.05) is 11.5 Å². The van der Waals surface area contributed by atoms with Crippen molar-refractivity contribution in [2.24, 2.45) is 11.8 Å². The minimum absolute atomic E-state index is 0.0219. The molecule has 0 bridgehead atoms. The summed E-state index contributed by atoms with van der Waals surface area (Å²) in [5.41, 5.74) is 1.89. The molecular weight excluding hydrogens is 188 g/mol. The van der Waals surface area contributed by atoms with Crippen LogP contribution in [0, 0.1) is 11.8 Å². The Balaban J connectivity index is 2.24. The van der Waals surface area contributed by atoms with Gasteiger partial charge in [-0.3, -0.25) is 0 Å². The molecular formula is C13H16O2. The molecule has 1 saturated heterocycles. The summed E-state index contributed by atoms with van der Waals surface area (Å²) >= 11 is 0. The van der Waals surface area contributed by atoms with Crippen molar-refractivity contribution in [3.05, 3.63) is 36.5 Å². The second kappa shape index (κ2) is 3.69. The molecule has 0 saturated carbocycles. The van der Waals surface area contributed by atoms with Crippen LogP contribution in [0.1, 0.15) is 19.8 Å². The van der Waals surface area contributed by atoms with Crippen LogP contribution in [0.5, 0.6) is 0 Å². The van der Waals surface area contributed by atoms with E-state index >= 15 is 0 Å². The van der Waals surface area contributed by atoms with Crippen LogP contribution in [0.15, 0.2) is 36.5 Å². The van der Waals surface area contributed by atoms with E-state index in [0.717, 1.165) is 12.8 Å². The Labute approximate surface area is 90.3 Å². The van der Waals surface area contributed by atoms with E-state index in [9.17, 15) is 4.79 Å². The standard InChI is InChI=1S/C13H16O2/c1-4-10-5-6-11-9(3)13(14)15-12(11)7-8(10)2/h4-5,8,11-12H,1,3,6-7H2,2H3/t8-,11+,12-/m0/s1. The topological polar surface area (TPSA) is 26.3 Å². The van der Waals surface area contributed by atoms with E-state index in [1.807, 2.05) is 6.08 Å². The zero-order valence-electron chi connectivity index (χ0n) is 9.03. The lowest BCUT2D eigenvalue weighted by molar-refractivity contribution is -0.139. The Morgan fingerprint density at radius 3 is 3.00 bits per heavy atom. The van der Waals surface area contributed by atoms with E-state index in [1.165, 1.54) is 5.57 Å². The van der Waals surface area contributed by atoms with Crippen molar-refractivity contribution in [1.82, 2.24) is 0 Å². The molecule has 0 radical (unpaired) electrons. The highest BCUT2D eigenvalue weighted by Crippen LogP contribution is 2.38. The van der Waals surface area contributed by atoms with Gasteiger partial charge in [0.15, 0.2) is 0 Å². The largest absolute Gasteiger partial charge is 0.458 e. The predicted molar refractivity (Wildman–Crippen MR) is 59.2 cm³/mol. The SMILES string of the molecule is C=CC1=CC[C@@H]2C(=C)C(=O)O[C@H]2C[C@@H]1C. The molecule has 1 aliphatic carbocycles. The highest BCUT2D eigenvalue weighted by Gasteiger charge is 2.39. The van der Waals surface area contributed by atoms with Crippen LogP contribution in [-0.2, 0) is 9.53 Å². The van der Waals surface area contributed by atoms with Gasteiger partial charge in [-0.2, -0.15) is 0 Å². The Hall–Kier alpha value is -1.31. The molecule has 2 nitrogen and oxygen atoms in total. The summed E-state index contributed by atoms with van der Waals surface area (Å²) in [6.45, 7) is 9.76. The van der Waals surface area contributed by atoms with Crippen molar-refractivity contribution in [3.63, 3.8) is 0 Å². The summed E-state index contributed by atoms with van der Waals surface area (Å²) in [5.74, 6) is 0.376. The van der Waals surface area contributed by atoms with Crippen LogP contribution < -0.4 is 0 Å². The Kier molecular flexibility index (Phi) is 2.51. The van der Waals surface area contributed by atoms with E-state index in [-0.39, 0.29) is 18.0 Å². The zero-order chi connectivity index (χ0) is 11.0. The van der Waals surface area contributed by atoms with Gasteiger partial charge in [-0.25, -0.2) is 4.79 Å². The molecule has 0 N–H and O–H groups in total. The molecule has 0 aromatic heterocycles.